The smallest absolute Gasteiger partial charge is 0.271 e. The lowest BCUT2D eigenvalue weighted by Gasteiger charge is -2.08. The lowest BCUT2D eigenvalue weighted by Crippen LogP contribution is -2.24. The van der Waals surface area contributed by atoms with Crippen molar-refractivity contribution in [2.75, 3.05) is 0 Å². The van der Waals surface area contributed by atoms with Crippen molar-refractivity contribution >= 4 is 5.91 Å². The summed E-state index contributed by atoms with van der Waals surface area (Å²) in [6, 6.07) is 7.74. The number of hydrogen-bond donors (Lipinski definition) is 2. The summed E-state index contributed by atoms with van der Waals surface area (Å²) in [5, 5.41) is 2.79. The van der Waals surface area contributed by atoms with Crippen molar-refractivity contribution in [1.82, 2.24) is 15.3 Å². The number of carbonyl (C=O) groups is 1. The van der Waals surface area contributed by atoms with Crippen LogP contribution in [0.25, 0.3) is 0 Å². The second-order valence-electron chi connectivity index (χ2n) is 3.75. The molecule has 0 fully saturated rings. The zero-order valence-electron chi connectivity index (χ0n) is 9.84. The number of nitrogens with zero attached hydrogens (tertiary/aromatic N) is 2. The van der Waals surface area contributed by atoms with Crippen LogP contribution in [0.2, 0.25) is 0 Å². The second kappa shape index (κ2) is 5.88. The van der Waals surface area contributed by atoms with Crippen molar-refractivity contribution in [3.8, 4) is 0 Å². The summed E-state index contributed by atoms with van der Waals surface area (Å²) in [4.78, 5) is 19.6. The molecule has 1 heterocycles. The first-order valence-electron chi connectivity index (χ1n) is 5.62. The Morgan fingerprint density at radius 1 is 1.22 bits per heavy atom. The van der Waals surface area contributed by atoms with Crippen LogP contribution in [0, 0.1) is 0 Å². The molecule has 0 bridgehead atoms. The number of nitrogens with one attached hydrogen (secondary N) is 1. The summed E-state index contributed by atoms with van der Waals surface area (Å²) in [6.45, 7) is 0.889. The highest BCUT2D eigenvalue weighted by Crippen LogP contribution is 2.07. The van der Waals surface area contributed by atoms with E-state index >= 15 is 0 Å². The molecule has 0 aliphatic carbocycles. The summed E-state index contributed by atoms with van der Waals surface area (Å²) in [6.07, 6.45) is 4.45. The maximum Gasteiger partial charge on any atom is 0.271 e. The predicted octanol–water partition coefficient (Wildman–Crippen LogP) is 0.865. The Morgan fingerprint density at radius 3 is 2.67 bits per heavy atom. The Hall–Kier alpha value is -2.27. The number of benzene rings is 1. The van der Waals surface area contributed by atoms with Gasteiger partial charge in [0.15, 0.2) is 0 Å². The summed E-state index contributed by atoms with van der Waals surface area (Å²) in [7, 11) is 0. The van der Waals surface area contributed by atoms with Crippen molar-refractivity contribution in [2.24, 2.45) is 5.73 Å². The van der Waals surface area contributed by atoms with Crippen LogP contribution in [0.1, 0.15) is 21.6 Å². The number of rotatable bonds is 4. The fourth-order valence-electron chi connectivity index (χ4n) is 1.61. The first kappa shape index (κ1) is 12.2. The largest absolute Gasteiger partial charge is 0.347 e. The highest BCUT2D eigenvalue weighted by Gasteiger charge is 2.07. The molecule has 0 aliphatic rings. The van der Waals surface area contributed by atoms with Gasteiger partial charge in [0.25, 0.3) is 5.91 Å². The first-order chi connectivity index (χ1) is 8.81. The van der Waals surface area contributed by atoms with Crippen molar-refractivity contribution in [2.45, 2.75) is 13.1 Å². The molecule has 0 atom stereocenters. The van der Waals surface area contributed by atoms with Gasteiger partial charge >= 0.3 is 0 Å². The minimum Gasteiger partial charge on any atom is -0.347 e. The molecule has 2 aromatic rings. The Morgan fingerprint density at radius 2 is 2.00 bits per heavy atom. The normalized spacial score (nSPS) is 10.1. The van der Waals surface area contributed by atoms with Gasteiger partial charge in [-0.2, -0.15) is 0 Å². The zero-order valence-corrected chi connectivity index (χ0v) is 9.84. The molecule has 0 aliphatic heterocycles. The van der Waals surface area contributed by atoms with E-state index in [9.17, 15) is 4.79 Å². The topological polar surface area (TPSA) is 80.9 Å². The van der Waals surface area contributed by atoms with Crippen LogP contribution in [0.15, 0.2) is 42.9 Å². The molecule has 1 aromatic carbocycles. The minimum atomic E-state index is -0.241. The molecule has 0 unspecified atom stereocenters. The molecule has 2 rings (SSSR count). The summed E-state index contributed by atoms with van der Waals surface area (Å²) in [5.41, 5.74) is 7.98. The maximum absolute atomic E-state index is 11.8. The molecular formula is C13H14N4O. The third kappa shape index (κ3) is 2.89. The van der Waals surface area contributed by atoms with E-state index in [1.165, 1.54) is 18.6 Å². The standard InChI is InChI=1S/C13H14N4O/c14-7-10-3-1-2-4-11(10)8-17-13(18)12-9-15-5-6-16-12/h1-6,9H,7-8,14H2,(H,17,18). The van der Waals surface area contributed by atoms with Gasteiger partial charge < -0.3 is 11.1 Å². The van der Waals surface area contributed by atoms with Crippen LogP contribution >= 0.6 is 0 Å². The van der Waals surface area contributed by atoms with Crippen molar-refractivity contribution in [1.29, 1.82) is 0 Å². The number of aromatic nitrogens is 2. The van der Waals surface area contributed by atoms with Gasteiger partial charge in [-0.1, -0.05) is 24.3 Å². The van der Waals surface area contributed by atoms with E-state index in [0.717, 1.165) is 11.1 Å². The van der Waals surface area contributed by atoms with Gasteiger partial charge in [-0.05, 0) is 11.1 Å². The summed E-state index contributed by atoms with van der Waals surface area (Å²) >= 11 is 0. The quantitative estimate of drug-likeness (QED) is 0.833. The van der Waals surface area contributed by atoms with Crippen molar-refractivity contribution in [3.63, 3.8) is 0 Å². The molecule has 0 spiro atoms. The van der Waals surface area contributed by atoms with Gasteiger partial charge in [0.1, 0.15) is 5.69 Å². The minimum absolute atomic E-state index is 0.241. The zero-order chi connectivity index (χ0) is 12.8. The van der Waals surface area contributed by atoms with E-state index in [1.54, 1.807) is 0 Å². The predicted molar refractivity (Wildman–Crippen MR) is 67.5 cm³/mol. The van der Waals surface area contributed by atoms with Crippen LogP contribution in [0.4, 0.5) is 0 Å². The molecular weight excluding hydrogens is 228 g/mol. The molecule has 0 radical (unpaired) electrons. The SMILES string of the molecule is NCc1ccccc1CNC(=O)c1cnccn1. The van der Waals surface area contributed by atoms with Crippen LogP contribution < -0.4 is 11.1 Å². The van der Waals surface area contributed by atoms with Gasteiger partial charge in [0.05, 0.1) is 6.20 Å². The van der Waals surface area contributed by atoms with E-state index in [-0.39, 0.29) is 5.91 Å². The van der Waals surface area contributed by atoms with Gasteiger partial charge in [0, 0.05) is 25.5 Å². The third-order valence-corrected chi connectivity index (χ3v) is 2.57. The van der Waals surface area contributed by atoms with Gasteiger partial charge in [-0.15, -0.1) is 0 Å². The third-order valence-electron chi connectivity index (χ3n) is 2.57. The van der Waals surface area contributed by atoms with E-state index in [0.29, 0.717) is 18.8 Å². The van der Waals surface area contributed by atoms with Crippen molar-refractivity contribution in [3.05, 3.63) is 59.7 Å². The summed E-state index contributed by atoms with van der Waals surface area (Å²) in [5.74, 6) is -0.241. The van der Waals surface area contributed by atoms with Crippen LogP contribution in [-0.4, -0.2) is 15.9 Å². The number of hydrogen-bond acceptors (Lipinski definition) is 4. The number of amides is 1. The van der Waals surface area contributed by atoms with E-state index < -0.39 is 0 Å². The van der Waals surface area contributed by atoms with E-state index in [2.05, 4.69) is 15.3 Å². The second-order valence-corrected chi connectivity index (χ2v) is 3.75. The highest BCUT2D eigenvalue weighted by molar-refractivity contribution is 5.91. The van der Waals surface area contributed by atoms with Gasteiger partial charge in [-0.3, -0.25) is 9.78 Å². The number of carbonyl (C=O) groups excluding carboxylic acids is 1. The van der Waals surface area contributed by atoms with Crippen LogP contribution in [0.5, 0.6) is 0 Å². The fourth-order valence-corrected chi connectivity index (χ4v) is 1.61. The monoisotopic (exact) mass is 242 g/mol. The first-order valence-corrected chi connectivity index (χ1v) is 5.62. The fraction of sp³-hybridized carbons (Fsp3) is 0.154. The Kier molecular flexibility index (Phi) is 3.98. The van der Waals surface area contributed by atoms with E-state index in [1.807, 2.05) is 24.3 Å². The molecule has 1 amide bonds. The number of nitrogens with two attached hydrogens (primary N) is 1. The lowest BCUT2D eigenvalue weighted by molar-refractivity contribution is 0.0945. The molecule has 0 saturated carbocycles. The molecule has 5 nitrogen and oxygen atoms in total. The maximum atomic E-state index is 11.8. The molecule has 0 saturated heterocycles. The Labute approximate surface area is 105 Å². The van der Waals surface area contributed by atoms with Crippen molar-refractivity contribution < 1.29 is 4.79 Å². The highest BCUT2D eigenvalue weighted by atomic mass is 16.1. The molecule has 18 heavy (non-hydrogen) atoms. The van der Waals surface area contributed by atoms with Gasteiger partial charge in [-0.25, -0.2) is 4.98 Å². The summed E-state index contributed by atoms with van der Waals surface area (Å²) < 4.78 is 0. The van der Waals surface area contributed by atoms with Crippen LogP contribution in [-0.2, 0) is 13.1 Å². The Bertz CT molecular complexity index is 528. The Balaban J connectivity index is 2.02. The molecule has 92 valence electrons. The lowest BCUT2D eigenvalue weighted by atomic mass is 10.1. The molecule has 3 N–H and O–H groups in total. The van der Waals surface area contributed by atoms with Crippen LogP contribution in [0.3, 0.4) is 0 Å². The molecule has 1 aromatic heterocycles. The molecule has 5 heteroatoms. The van der Waals surface area contributed by atoms with Gasteiger partial charge in [0.2, 0.25) is 0 Å². The average Bonchev–Trinajstić information content (AvgIpc) is 2.46. The van der Waals surface area contributed by atoms with E-state index in [4.69, 9.17) is 5.73 Å². The average molecular weight is 242 g/mol.